The third-order valence-electron chi connectivity index (χ3n) is 4.51. The Morgan fingerprint density at radius 2 is 1.38 bits per heavy atom. The number of aliphatic hydroxyl groups is 1. The lowest BCUT2D eigenvalue weighted by atomic mass is 10.1. The number of hydrogen-bond acceptors (Lipinski definition) is 5. The van der Waals surface area contributed by atoms with Crippen LogP contribution in [0.4, 0.5) is 0 Å². The van der Waals surface area contributed by atoms with Crippen molar-refractivity contribution < 1.29 is 33.5 Å². The summed E-state index contributed by atoms with van der Waals surface area (Å²) in [5.74, 6) is -0.419. The number of rotatable bonds is 20. The van der Waals surface area contributed by atoms with E-state index in [0.29, 0.717) is 0 Å². The van der Waals surface area contributed by atoms with Gasteiger partial charge in [-0.1, -0.05) is 70.4 Å². The largest absolute Gasteiger partial charge is 0.469 e. The molecule has 0 aliphatic heterocycles. The van der Waals surface area contributed by atoms with E-state index in [2.05, 4.69) is 23.6 Å². The van der Waals surface area contributed by atoms with E-state index in [9.17, 15) is 14.5 Å². The summed E-state index contributed by atoms with van der Waals surface area (Å²) in [5, 5.41) is 9.41. The van der Waals surface area contributed by atoms with Gasteiger partial charge in [-0.25, -0.2) is 4.57 Å². The summed E-state index contributed by atoms with van der Waals surface area (Å²) in [7, 11) is -4.62. The molecule has 0 amide bonds. The molecule has 0 aromatic rings. The molecule has 8 heteroatoms. The van der Waals surface area contributed by atoms with Crippen LogP contribution in [0.5, 0.6) is 0 Å². The van der Waals surface area contributed by atoms with Crippen molar-refractivity contribution in [1.82, 2.24) is 0 Å². The fraction of sp³-hybridized carbons (Fsp3) is 0.857. The number of phosphoric ester groups is 1. The molecule has 0 heterocycles. The number of aliphatic hydroxyl groups excluding tert-OH is 1. The van der Waals surface area contributed by atoms with Gasteiger partial charge in [0.05, 0.1) is 6.61 Å². The number of unbranched alkanes of at least 4 members (excludes halogenated alkanes) is 11. The van der Waals surface area contributed by atoms with E-state index >= 15 is 0 Å². The molecule has 0 aliphatic carbocycles. The average Bonchev–Trinajstić information content (AvgIpc) is 2.67. The van der Waals surface area contributed by atoms with Crippen molar-refractivity contribution in [2.24, 2.45) is 0 Å². The Morgan fingerprint density at radius 3 is 1.93 bits per heavy atom. The molecule has 172 valence electrons. The predicted octanol–water partition coefficient (Wildman–Crippen LogP) is 5.04. The Balaban J connectivity index is 3.38. The summed E-state index contributed by atoms with van der Waals surface area (Å²) in [6.07, 6.45) is 19.0. The van der Waals surface area contributed by atoms with Crippen LogP contribution in [0.1, 0.15) is 96.8 Å². The number of ether oxygens (including phenoxy) is 1. The second-order valence-electron chi connectivity index (χ2n) is 7.46. The van der Waals surface area contributed by atoms with Gasteiger partial charge in [-0.2, -0.15) is 0 Å². The maximum Gasteiger partial charge on any atom is 0.469 e. The molecule has 0 rings (SSSR count). The van der Waals surface area contributed by atoms with E-state index < -0.39 is 26.5 Å². The van der Waals surface area contributed by atoms with Crippen LogP contribution in [0.15, 0.2) is 12.2 Å². The number of esters is 1. The molecular formula is C21H41O7P. The predicted molar refractivity (Wildman–Crippen MR) is 114 cm³/mol. The molecule has 3 N–H and O–H groups in total. The van der Waals surface area contributed by atoms with Crippen LogP contribution < -0.4 is 0 Å². The molecule has 0 bridgehead atoms. The van der Waals surface area contributed by atoms with E-state index in [1.165, 1.54) is 51.4 Å². The third-order valence-corrected chi connectivity index (χ3v) is 5.00. The number of hydrogen-bond donors (Lipinski definition) is 3. The summed E-state index contributed by atoms with van der Waals surface area (Å²) >= 11 is 0. The van der Waals surface area contributed by atoms with Crippen LogP contribution in [0.2, 0.25) is 0 Å². The summed E-state index contributed by atoms with van der Waals surface area (Å²) < 4.78 is 19.5. The van der Waals surface area contributed by atoms with Crippen LogP contribution >= 0.6 is 7.82 Å². The first-order chi connectivity index (χ1) is 13.8. The minimum atomic E-state index is -4.62. The molecule has 29 heavy (non-hydrogen) atoms. The van der Waals surface area contributed by atoms with Gasteiger partial charge in [0.1, 0.15) is 12.7 Å². The van der Waals surface area contributed by atoms with E-state index in [1.54, 1.807) is 0 Å². The lowest BCUT2D eigenvalue weighted by Crippen LogP contribution is -2.23. The second-order valence-corrected chi connectivity index (χ2v) is 8.70. The SMILES string of the molecule is CCCCCCCC/C=C/CCCCCCCC(=O)OCC(O)COP(=O)(O)O. The van der Waals surface area contributed by atoms with E-state index in [4.69, 9.17) is 14.5 Å². The molecule has 0 fully saturated rings. The van der Waals surface area contributed by atoms with Crippen LogP contribution in [0.3, 0.4) is 0 Å². The Hall–Kier alpha value is -0.720. The van der Waals surface area contributed by atoms with Gasteiger partial charge in [0.2, 0.25) is 0 Å². The highest BCUT2D eigenvalue weighted by molar-refractivity contribution is 7.46. The fourth-order valence-corrected chi connectivity index (χ4v) is 3.20. The number of carbonyl (C=O) groups is 1. The smallest absolute Gasteiger partial charge is 0.463 e. The Labute approximate surface area is 176 Å². The van der Waals surface area contributed by atoms with Crippen LogP contribution in [0, 0.1) is 0 Å². The van der Waals surface area contributed by atoms with E-state index in [-0.39, 0.29) is 13.0 Å². The highest BCUT2D eigenvalue weighted by atomic mass is 31.2. The van der Waals surface area contributed by atoms with Crippen molar-refractivity contribution in [3.05, 3.63) is 12.2 Å². The monoisotopic (exact) mass is 436 g/mol. The Kier molecular flexibility index (Phi) is 18.8. The highest BCUT2D eigenvalue weighted by Crippen LogP contribution is 2.35. The average molecular weight is 437 g/mol. The minimum absolute atomic E-state index is 0.282. The zero-order valence-corrected chi connectivity index (χ0v) is 18.9. The molecule has 0 aromatic carbocycles. The first kappa shape index (κ1) is 28.3. The van der Waals surface area contributed by atoms with Gasteiger partial charge in [-0.3, -0.25) is 9.32 Å². The maximum absolute atomic E-state index is 11.5. The Bertz CT molecular complexity index is 462. The van der Waals surface area contributed by atoms with Gasteiger partial charge in [-0.05, 0) is 32.1 Å². The molecule has 0 aliphatic rings. The molecule has 7 nitrogen and oxygen atoms in total. The van der Waals surface area contributed by atoms with Gasteiger partial charge in [0.15, 0.2) is 0 Å². The van der Waals surface area contributed by atoms with Gasteiger partial charge in [0.25, 0.3) is 0 Å². The molecule has 0 aromatic heterocycles. The van der Waals surface area contributed by atoms with Gasteiger partial charge in [0, 0.05) is 6.42 Å². The van der Waals surface area contributed by atoms with Crippen molar-refractivity contribution in [2.45, 2.75) is 103 Å². The molecular weight excluding hydrogens is 395 g/mol. The lowest BCUT2D eigenvalue weighted by molar-refractivity contribution is -0.147. The minimum Gasteiger partial charge on any atom is -0.463 e. The van der Waals surface area contributed by atoms with Gasteiger partial charge < -0.3 is 19.6 Å². The molecule has 0 saturated heterocycles. The summed E-state index contributed by atoms with van der Waals surface area (Å²) in [6.45, 7) is 1.33. The van der Waals surface area contributed by atoms with Crippen molar-refractivity contribution in [3.63, 3.8) is 0 Å². The fourth-order valence-electron chi connectivity index (χ4n) is 2.83. The van der Waals surface area contributed by atoms with E-state index in [1.807, 2.05) is 0 Å². The van der Waals surface area contributed by atoms with Crippen LogP contribution in [-0.4, -0.2) is 40.2 Å². The third kappa shape index (κ3) is 23.4. The van der Waals surface area contributed by atoms with Gasteiger partial charge >= 0.3 is 13.8 Å². The van der Waals surface area contributed by atoms with Crippen LogP contribution in [-0.2, 0) is 18.6 Å². The lowest BCUT2D eigenvalue weighted by Gasteiger charge is -2.12. The van der Waals surface area contributed by atoms with Gasteiger partial charge in [-0.15, -0.1) is 0 Å². The maximum atomic E-state index is 11.5. The zero-order valence-electron chi connectivity index (χ0n) is 18.0. The normalized spacial score (nSPS) is 13.1. The quantitative estimate of drug-likeness (QED) is 0.106. The highest BCUT2D eigenvalue weighted by Gasteiger charge is 2.17. The first-order valence-electron chi connectivity index (χ1n) is 11.0. The summed E-state index contributed by atoms with van der Waals surface area (Å²) in [4.78, 5) is 28.6. The molecule has 1 atom stereocenters. The second kappa shape index (κ2) is 19.3. The van der Waals surface area contributed by atoms with Crippen molar-refractivity contribution in [2.75, 3.05) is 13.2 Å². The summed E-state index contributed by atoms with van der Waals surface area (Å²) in [5.41, 5.74) is 0. The number of carbonyl (C=O) groups excluding carboxylic acids is 1. The molecule has 0 spiro atoms. The van der Waals surface area contributed by atoms with Crippen molar-refractivity contribution in [1.29, 1.82) is 0 Å². The standard InChI is InChI=1S/C21H41O7P/c1-2-3-4-5-6-7-8-9-10-11-12-13-14-15-16-17-21(23)27-18-20(22)19-28-29(24,25)26/h9-10,20,22H,2-8,11-19H2,1H3,(H2,24,25,26)/b10-9+. The molecule has 0 radical (unpaired) electrons. The zero-order chi connectivity index (χ0) is 21.8. The Morgan fingerprint density at radius 1 is 0.862 bits per heavy atom. The summed E-state index contributed by atoms with van der Waals surface area (Å²) in [6, 6.07) is 0. The van der Waals surface area contributed by atoms with Crippen molar-refractivity contribution in [3.8, 4) is 0 Å². The van der Waals surface area contributed by atoms with E-state index in [0.717, 1.165) is 32.1 Å². The topological polar surface area (TPSA) is 113 Å². The molecule has 1 unspecified atom stereocenters. The van der Waals surface area contributed by atoms with Crippen LogP contribution in [0.25, 0.3) is 0 Å². The number of allylic oxidation sites excluding steroid dienone is 2. The molecule has 0 saturated carbocycles. The van der Waals surface area contributed by atoms with Crippen molar-refractivity contribution >= 4 is 13.8 Å². The first-order valence-corrected chi connectivity index (χ1v) is 12.6. The number of phosphoric acid groups is 1.